The van der Waals surface area contributed by atoms with Gasteiger partial charge in [0, 0.05) is 12.2 Å². The lowest BCUT2D eigenvalue weighted by Gasteiger charge is -2.20. The van der Waals surface area contributed by atoms with E-state index in [0.29, 0.717) is 6.54 Å². The van der Waals surface area contributed by atoms with Gasteiger partial charge in [0.15, 0.2) is 0 Å². The van der Waals surface area contributed by atoms with E-state index in [1.165, 1.54) is 0 Å². The highest BCUT2D eigenvalue weighted by atomic mass is 16.6. The molecule has 2 N–H and O–H groups in total. The molecule has 1 amide bonds. The third-order valence-corrected chi connectivity index (χ3v) is 2.02. The van der Waals surface area contributed by atoms with Crippen molar-refractivity contribution in [2.24, 2.45) is 0 Å². The Hall–Kier alpha value is -1.55. The Morgan fingerprint density at radius 2 is 1.94 bits per heavy atom. The Morgan fingerprint density at radius 1 is 1.29 bits per heavy atom. The summed E-state index contributed by atoms with van der Waals surface area (Å²) < 4.78 is 5.20. The van der Waals surface area contributed by atoms with Crippen LogP contribution in [0.4, 0.5) is 10.5 Å². The molecule has 0 spiro atoms. The van der Waals surface area contributed by atoms with Gasteiger partial charge in [-0.05, 0) is 39.4 Å². The summed E-state index contributed by atoms with van der Waals surface area (Å²) in [5.74, 6) is 0. The second-order valence-corrected chi connectivity index (χ2v) is 4.81. The first kappa shape index (κ1) is 13.5. The maximum absolute atomic E-state index is 11.6. The van der Waals surface area contributed by atoms with Gasteiger partial charge < -0.3 is 10.1 Å². The third-order valence-electron chi connectivity index (χ3n) is 2.02. The Kier molecular flexibility index (Phi) is 4.52. The van der Waals surface area contributed by atoms with E-state index in [0.717, 1.165) is 11.3 Å². The fraction of sp³-hybridized carbons (Fsp3) is 0.462. The minimum absolute atomic E-state index is 0.430. The fourth-order valence-corrected chi connectivity index (χ4v) is 1.40. The number of carbonyl (C=O) groups is 1. The molecule has 94 valence electrons. The van der Waals surface area contributed by atoms with Crippen LogP contribution >= 0.6 is 0 Å². The predicted octanol–water partition coefficient (Wildman–Crippen LogP) is 2.75. The van der Waals surface area contributed by atoms with E-state index < -0.39 is 11.7 Å². The van der Waals surface area contributed by atoms with Crippen LogP contribution in [0.5, 0.6) is 0 Å². The predicted molar refractivity (Wildman–Crippen MR) is 69.1 cm³/mol. The van der Waals surface area contributed by atoms with E-state index in [1.807, 2.05) is 52.1 Å². The van der Waals surface area contributed by atoms with Crippen LogP contribution in [-0.2, 0) is 11.3 Å². The smallest absolute Gasteiger partial charge is 0.412 e. The molecule has 0 saturated heterocycles. The average Bonchev–Trinajstić information content (AvgIpc) is 2.18. The molecular weight excluding hydrogens is 216 g/mol. The molecule has 1 aromatic carbocycles. The number of amides is 1. The lowest BCUT2D eigenvalue weighted by atomic mass is 10.2. The van der Waals surface area contributed by atoms with Gasteiger partial charge in [-0.1, -0.05) is 18.2 Å². The third kappa shape index (κ3) is 4.87. The zero-order chi connectivity index (χ0) is 12.9. The van der Waals surface area contributed by atoms with Gasteiger partial charge >= 0.3 is 6.09 Å². The first-order valence-corrected chi connectivity index (χ1v) is 5.65. The highest BCUT2D eigenvalue weighted by Crippen LogP contribution is 2.16. The summed E-state index contributed by atoms with van der Waals surface area (Å²) in [6, 6.07) is 7.64. The Labute approximate surface area is 102 Å². The van der Waals surface area contributed by atoms with Crippen molar-refractivity contribution in [2.45, 2.75) is 32.9 Å². The Morgan fingerprint density at radius 3 is 2.53 bits per heavy atom. The number of ether oxygens (including phenoxy) is 1. The standard InChI is InChI=1S/C13H20N2O2/c1-13(2,3)17-12(16)15-11-8-6-5-7-10(11)9-14-4/h5-8,14H,9H2,1-4H3,(H,15,16). The van der Waals surface area contributed by atoms with Gasteiger partial charge in [0.25, 0.3) is 0 Å². The lowest BCUT2D eigenvalue weighted by Crippen LogP contribution is -2.27. The van der Waals surface area contributed by atoms with Crippen molar-refractivity contribution < 1.29 is 9.53 Å². The van der Waals surface area contributed by atoms with Gasteiger partial charge in [-0.2, -0.15) is 0 Å². The monoisotopic (exact) mass is 236 g/mol. The summed E-state index contributed by atoms with van der Waals surface area (Å²) in [6.45, 7) is 6.22. The molecule has 0 atom stereocenters. The number of carbonyl (C=O) groups excluding carboxylic acids is 1. The number of benzene rings is 1. The number of hydrogen-bond donors (Lipinski definition) is 2. The number of para-hydroxylation sites is 1. The first-order valence-electron chi connectivity index (χ1n) is 5.65. The second-order valence-electron chi connectivity index (χ2n) is 4.81. The van der Waals surface area contributed by atoms with E-state index >= 15 is 0 Å². The van der Waals surface area contributed by atoms with Crippen molar-refractivity contribution in [3.8, 4) is 0 Å². The molecule has 0 aromatic heterocycles. The number of rotatable bonds is 3. The number of hydrogen-bond acceptors (Lipinski definition) is 3. The quantitative estimate of drug-likeness (QED) is 0.848. The van der Waals surface area contributed by atoms with Crippen molar-refractivity contribution in [3.63, 3.8) is 0 Å². The maximum Gasteiger partial charge on any atom is 0.412 e. The summed E-state index contributed by atoms with van der Waals surface area (Å²) >= 11 is 0. The molecule has 0 aliphatic heterocycles. The van der Waals surface area contributed by atoms with Crippen molar-refractivity contribution >= 4 is 11.8 Å². The zero-order valence-electron chi connectivity index (χ0n) is 10.8. The van der Waals surface area contributed by atoms with E-state index in [9.17, 15) is 4.79 Å². The summed E-state index contributed by atoms with van der Waals surface area (Å²) in [6.07, 6.45) is -0.430. The molecule has 0 aliphatic rings. The van der Waals surface area contributed by atoms with Crippen LogP contribution < -0.4 is 10.6 Å². The van der Waals surface area contributed by atoms with Crippen molar-refractivity contribution in [3.05, 3.63) is 29.8 Å². The molecule has 4 nitrogen and oxygen atoms in total. The molecule has 0 aliphatic carbocycles. The molecule has 1 aromatic rings. The number of anilines is 1. The van der Waals surface area contributed by atoms with E-state index in [1.54, 1.807) is 0 Å². The number of nitrogens with one attached hydrogen (secondary N) is 2. The normalized spacial score (nSPS) is 11.1. The summed E-state index contributed by atoms with van der Waals surface area (Å²) in [7, 11) is 1.87. The summed E-state index contributed by atoms with van der Waals surface area (Å²) in [4.78, 5) is 11.6. The van der Waals surface area contributed by atoms with Crippen LogP contribution in [-0.4, -0.2) is 18.7 Å². The molecule has 0 unspecified atom stereocenters. The minimum atomic E-state index is -0.484. The summed E-state index contributed by atoms with van der Waals surface area (Å²) in [5, 5.41) is 5.80. The van der Waals surface area contributed by atoms with Gasteiger partial charge in [-0.3, -0.25) is 5.32 Å². The van der Waals surface area contributed by atoms with Crippen molar-refractivity contribution in [1.82, 2.24) is 5.32 Å². The second kappa shape index (κ2) is 5.68. The van der Waals surface area contributed by atoms with Crippen molar-refractivity contribution in [1.29, 1.82) is 0 Å². The highest BCUT2D eigenvalue weighted by molar-refractivity contribution is 5.85. The van der Waals surface area contributed by atoms with E-state index in [4.69, 9.17) is 4.74 Å². The molecule has 0 radical (unpaired) electrons. The molecule has 0 saturated carbocycles. The van der Waals surface area contributed by atoms with Crippen LogP contribution in [0.15, 0.2) is 24.3 Å². The molecule has 1 rings (SSSR count). The van der Waals surface area contributed by atoms with E-state index in [2.05, 4.69) is 10.6 Å². The topological polar surface area (TPSA) is 50.4 Å². The Balaban J connectivity index is 2.71. The molecule has 0 bridgehead atoms. The van der Waals surface area contributed by atoms with Gasteiger partial charge in [-0.25, -0.2) is 4.79 Å². The van der Waals surface area contributed by atoms with Crippen LogP contribution in [0.2, 0.25) is 0 Å². The molecule has 0 fully saturated rings. The van der Waals surface area contributed by atoms with Crippen molar-refractivity contribution in [2.75, 3.05) is 12.4 Å². The molecule has 17 heavy (non-hydrogen) atoms. The van der Waals surface area contributed by atoms with Gasteiger partial charge in [-0.15, -0.1) is 0 Å². The average molecular weight is 236 g/mol. The molecule has 0 heterocycles. The lowest BCUT2D eigenvalue weighted by molar-refractivity contribution is 0.0636. The minimum Gasteiger partial charge on any atom is -0.444 e. The highest BCUT2D eigenvalue weighted by Gasteiger charge is 2.16. The van der Waals surface area contributed by atoms with Crippen LogP contribution in [0, 0.1) is 0 Å². The Bertz CT molecular complexity index is 383. The van der Waals surface area contributed by atoms with Crippen LogP contribution in [0.25, 0.3) is 0 Å². The molecular formula is C13H20N2O2. The van der Waals surface area contributed by atoms with Crippen LogP contribution in [0.1, 0.15) is 26.3 Å². The largest absolute Gasteiger partial charge is 0.444 e. The van der Waals surface area contributed by atoms with Gasteiger partial charge in [0.05, 0.1) is 0 Å². The fourth-order valence-electron chi connectivity index (χ4n) is 1.40. The summed E-state index contributed by atoms with van der Waals surface area (Å²) in [5.41, 5.74) is 1.32. The SMILES string of the molecule is CNCc1ccccc1NC(=O)OC(C)(C)C. The first-order chi connectivity index (χ1) is 7.92. The van der Waals surface area contributed by atoms with Gasteiger partial charge in [0.1, 0.15) is 5.60 Å². The van der Waals surface area contributed by atoms with Gasteiger partial charge in [0.2, 0.25) is 0 Å². The zero-order valence-corrected chi connectivity index (χ0v) is 10.8. The van der Waals surface area contributed by atoms with E-state index in [-0.39, 0.29) is 0 Å². The maximum atomic E-state index is 11.6. The van der Waals surface area contributed by atoms with Crippen LogP contribution in [0.3, 0.4) is 0 Å². The molecule has 4 heteroatoms.